The van der Waals surface area contributed by atoms with Crippen molar-refractivity contribution < 1.29 is 9.47 Å². The molecule has 1 atom stereocenters. The van der Waals surface area contributed by atoms with Gasteiger partial charge in [0.2, 0.25) is 0 Å². The molecule has 1 N–H and O–H groups in total. The van der Waals surface area contributed by atoms with Gasteiger partial charge in [0.25, 0.3) is 0 Å². The Bertz CT molecular complexity index is 628. The number of methoxy groups -OCH3 is 2. The number of benzene rings is 2. The SMILES string of the molecule is COc1cc(Cl)c(NC(C)c2ccccc2C)cc1OC. The summed E-state index contributed by atoms with van der Waals surface area (Å²) in [6.07, 6.45) is 0. The van der Waals surface area contributed by atoms with Crippen LogP contribution in [0.5, 0.6) is 11.5 Å². The summed E-state index contributed by atoms with van der Waals surface area (Å²) in [5.74, 6) is 1.28. The number of nitrogens with one attached hydrogen (secondary N) is 1. The lowest BCUT2D eigenvalue weighted by molar-refractivity contribution is 0.355. The maximum atomic E-state index is 6.31. The number of aryl methyl sites for hydroxylation is 1. The Morgan fingerprint density at radius 3 is 2.29 bits per heavy atom. The molecule has 0 amide bonds. The van der Waals surface area contributed by atoms with Crippen LogP contribution in [0, 0.1) is 6.92 Å². The van der Waals surface area contributed by atoms with E-state index in [2.05, 4.69) is 31.3 Å². The molecule has 21 heavy (non-hydrogen) atoms. The molecule has 0 heterocycles. The fourth-order valence-corrected chi connectivity index (χ4v) is 2.56. The molecule has 0 saturated carbocycles. The summed E-state index contributed by atoms with van der Waals surface area (Å²) in [5, 5.41) is 4.03. The minimum atomic E-state index is 0.141. The summed E-state index contributed by atoms with van der Waals surface area (Å²) in [4.78, 5) is 0. The molecule has 0 spiro atoms. The lowest BCUT2D eigenvalue weighted by Gasteiger charge is -2.20. The number of rotatable bonds is 5. The van der Waals surface area contributed by atoms with Gasteiger partial charge in [-0.3, -0.25) is 0 Å². The van der Waals surface area contributed by atoms with Crippen molar-refractivity contribution in [1.82, 2.24) is 0 Å². The monoisotopic (exact) mass is 305 g/mol. The van der Waals surface area contributed by atoms with Gasteiger partial charge in [0.05, 0.1) is 24.9 Å². The third kappa shape index (κ3) is 3.42. The van der Waals surface area contributed by atoms with Crippen LogP contribution >= 0.6 is 11.6 Å². The van der Waals surface area contributed by atoms with Gasteiger partial charge in [-0.1, -0.05) is 35.9 Å². The van der Waals surface area contributed by atoms with Crippen LogP contribution in [-0.4, -0.2) is 14.2 Å². The summed E-state index contributed by atoms with van der Waals surface area (Å²) in [5.41, 5.74) is 3.31. The highest BCUT2D eigenvalue weighted by molar-refractivity contribution is 6.33. The summed E-state index contributed by atoms with van der Waals surface area (Å²) in [6, 6.07) is 12.0. The van der Waals surface area contributed by atoms with Crippen molar-refractivity contribution in [3.05, 3.63) is 52.5 Å². The minimum absolute atomic E-state index is 0.141. The highest BCUT2D eigenvalue weighted by Crippen LogP contribution is 2.37. The number of halogens is 1. The Labute approximate surface area is 130 Å². The van der Waals surface area contributed by atoms with Gasteiger partial charge in [0.15, 0.2) is 11.5 Å². The highest BCUT2D eigenvalue weighted by atomic mass is 35.5. The summed E-state index contributed by atoms with van der Waals surface area (Å²) in [7, 11) is 3.21. The smallest absolute Gasteiger partial charge is 0.162 e. The summed E-state index contributed by atoms with van der Waals surface area (Å²) >= 11 is 6.31. The summed E-state index contributed by atoms with van der Waals surface area (Å²) in [6.45, 7) is 4.21. The molecule has 2 rings (SSSR count). The van der Waals surface area contributed by atoms with Gasteiger partial charge in [-0.25, -0.2) is 0 Å². The molecule has 2 aromatic rings. The van der Waals surface area contributed by atoms with Gasteiger partial charge in [-0.2, -0.15) is 0 Å². The van der Waals surface area contributed by atoms with Gasteiger partial charge in [-0.05, 0) is 25.0 Å². The molecule has 0 saturated heterocycles. The van der Waals surface area contributed by atoms with E-state index in [1.165, 1.54) is 11.1 Å². The van der Waals surface area contributed by atoms with E-state index in [9.17, 15) is 0 Å². The van der Waals surface area contributed by atoms with Crippen molar-refractivity contribution in [3.63, 3.8) is 0 Å². The maximum absolute atomic E-state index is 6.31. The van der Waals surface area contributed by atoms with Crippen LogP contribution in [0.3, 0.4) is 0 Å². The predicted octanol–water partition coefficient (Wildman–Crippen LogP) is 4.84. The quantitative estimate of drug-likeness (QED) is 0.857. The van der Waals surface area contributed by atoms with E-state index in [1.54, 1.807) is 20.3 Å². The Balaban J connectivity index is 2.29. The highest BCUT2D eigenvalue weighted by Gasteiger charge is 2.13. The van der Waals surface area contributed by atoms with Gasteiger partial charge >= 0.3 is 0 Å². The molecule has 0 fully saturated rings. The van der Waals surface area contributed by atoms with Crippen LogP contribution in [0.2, 0.25) is 5.02 Å². The number of hydrogen-bond acceptors (Lipinski definition) is 3. The predicted molar refractivity (Wildman–Crippen MR) is 87.8 cm³/mol. The molecule has 4 heteroatoms. The zero-order chi connectivity index (χ0) is 15.4. The molecule has 0 radical (unpaired) electrons. The van der Waals surface area contributed by atoms with E-state index in [1.807, 2.05) is 18.2 Å². The van der Waals surface area contributed by atoms with Gasteiger partial charge in [-0.15, -0.1) is 0 Å². The molecular formula is C17H20ClNO2. The Hall–Kier alpha value is -1.87. The van der Waals surface area contributed by atoms with E-state index in [-0.39, 0.29) is 6.04 Å². The molecule has 2 aromatic carbocycles. The number of anilines is 1. The molecule has 0 bridgehead atoms. The van der Waals surface area contributed by atoms with E-state index in [0.29, 0.717) is 16.5 Å². The lowest BCUT2D eigenvalue weighted by atomic mass is 10.0. The standard InChI is InChI=1S/C17H20ClNO2/c1-11-7-5-6-8-13(11)12(2)19-15-10-17(21-4)16(20-3)9-14(15)18/h5-10,12,19H,1-4H3. The lowest BCUT2D eigenvalue weighted by Crippen LogP contribution is -2.08. The molecule has 3 nitrogen and oxygen atoms in total. The first kappa shape index (κ1) is 15.5. The normalized spacial score (nSPS) is 11.9. The first-order valence-corrected chi connectivity index (χ1v) is 7.18. The van der Waals surface area contributed by atoms with Gasteiger partial charge in [0, 0.05) is 18.2 Å². The van der Waals surface area contributed by atoms with Crippen LogP contribution in [0.25, 0.3) is 0 Å². The molecule has 1 unspecified atom stereocenters. The minimum Gasteiger partial charge on any atom is -0.493 e. The van der Waals surface area contributed by atoms with Crippen molar-refractivity contribution >= 4 is 17.3 Å². The summed E-state index contributed by atoms with van der Waals surface area (Å²) < 4.78 is 10.6. The Morgan fingerprint density at radius 2 is 1.67 bits per heavy atom. The maximum Gasteiger partial charge on any atom is 0.162 e. The molecule has 0 aliphatic rings. The third-order valence-corrected chi connectivity index (χ3v) is 3.81. The van der Waals surface area contributed by atoms with Crippen molar-refractivity contribution in [1.29, 1.82) is 0 Å². The zero-order valence-electron chi connectivity index (χ0n) is 12.7. The molecule has 0 aliphatic carbocycles. The first-order chi connectivity index (χ1) is 10.1. The van der Waals surface area contributed by atoms with Crippen molar-refractivity contribution in [2.75, 3.05) is 19.5 Å². The average Bonchev–Trinajstić information content (AvgIpc) is 2.49. The van der Waals surface area contributed by atoms with E-state index >= 15 is 0 Å². The fraction of sp³-hybridized carbons (Fsp3) is 0.294. The van der Waals surface area contributed by atoms with Crippen LogP contribution in [0.4, 0.5) is 5.69 Å². The largest absolute Gasteiger partial charge is 0.493 e. The Morgan fingerprint density at radius 1 is 1.05 bits per heavy atom. The second-order valence-corrected chi connectivity index (χ2v) is 5.32. The van der Waals surface area contributed by atoms with Crippen LogP contribution in [-0.2, 0) is 0 Å². The Kier molecular flexibility index (Phi) is 4.97. The van der Waals surface area contributed by atoms with Gasteiger partial charge in [0.1, 0.15) is 0 Å². The molecular weight excluding hydrogens is 286 g/mol. The third-order valence-electron chi connectivity index (χ3n) is 3.50. The van der Waals surface area contributed by atoms with Crippen LogP contribution < -0.4 is 14.8 Å². The molecule has 112 valence electrons. The molecule has 0 aromatic heterocycles. The van der Waals surface area contributed by atoms with Gasteiger partial charge < -0.3 is 14.8 Å². The number of hydrogen-bond donors (Lipinski definition) is 1. The van der Waals surface area contributed by atoms with E-state index in [0.717, 1.165) is 5.69 Å². The first-order valence-electron chi connectivity index (χ1n) is 6.80. The van der Waals surface area contributed by atoms with Crippen LogP contribution in [0.1, 0.15) is 24.1 Å². The van der Waals surface area contributed by atoms with E-state index < -0.39 is 0 Å². The average molecular weight is 306 g/mol. The molecule has 0 aliphatic heterocycles. The number of ether oxygens (including phenoxy) is 2. The van der Waals surface area contributed by atoms with Crippen LogP contribution in [0.15, 0.2) is 36.4 Å². The van der Waals surface area contributed by atoms with Crippen molar-refractivity contribution in [3.8, 4) is 11.5 Å². The second-order valence-electron chi connectivity index (χ2n) is 4.91. The topological polar surface area (TPSA) is 30.5 Å². The van der Waals surface area contributed by atoms with Crippen molar-refractivity contribution in [2.45, 2.75) is 19.9 Å². The fourth-order valence-electron chi connectivity index (χ4n) is 2.35. The second kappa shape index (κ2) is 6.72. The van der Waals surface area contributed by atoms with Crippen molar-refractivity contribution in [2.24, 2.45) is 0 Å². The van der Waals surface area contributed by atoms with E-state index in [4.69, 9.17) is 21.1 Å². The zero-order valence-corrected chi connectivity index (χ0v) is 13.5.